The van der Waals surface area contributed by atoms with Gasteiger partial charge in [0.05, 0.1) is 17.6 Å². The molecule has 20 heavy (non-hydrogen) atoms. The Morgan fingerprint density at radius 1 is 1.40 bits per heavy atom. The van der Waals surface area contributed by atoms with E-state index in [1.54, 1.807) is 10.4 Å². The Hall–Kier alpha value is -0.430. The van der Waals surface area contributed by atoms with Crippen LogP contribution in [0.2, 0.25) is 0 Å². The summed E-state index contributed by atoms with van der Waals surface area (Å²) in [5.74, 6) is 0. The molecular weight excluding hydrogens is 342 g/mol. The van der Waals surface area contributed by atoms with Gasteiger partial charge in [-0.05, 0) is 32.4 Å². The van der Waals surface area contributed by atoms with Gasteiger partial charge in [0.25, 0.3) is 0 Å². The van der Waals surface area contributed by atoms with Crippen LogP contribution in [0.1, 0.15) is 18.1 Å². The van der Waals surface area contributed by atoms with Crippen LogP contribution in [0.4, 0.5) is 0 Å². The first-order valence-corrected chi connectivity index (χ1v) is 9.19. The molecule has 0 spiro atoms. The van der Waals surface area contributed by atoms with Crippen molar-refractivity contribution in [1.29, 1.82) is 0 Å². The maximum Gasteiger partial charge on any atom is 0.243 e. The molecule has 4 nitrogen and oxygen atoms in total. The van der Waals surface area contributed by atoms with Gasteiger partial charge in [-0.2, -0.15) is 4.31 Å². The highest BCUT2D eigenvalue weighted by atomic mass is 79.9. The predicted octanol–water partition coefficient (Wildman–Crippen LogP) is 2.48. The van der Waals surface area contributed by atoms with Gasteiger partial charge in [0.15, 0.2) is 0 Å². The minimum absolute atomic E-state index is 0.0910. The van der Waals surface area contributed by atoms with E-state index in [-0.39, 0.29) is 12.1 Å². The highest BCUT2D eigenvalue weighted by Gasteiger charge is 2.35. The summed E-state index contributed by atoms with van der Waals surface area (Å²) in [5, 5.41) is 0.638. The molecule has 0 bridgehead atoms. The van der Waals surface area contributed by atoms with Crippen LogP contribution < -0.4 is 0 Å². The van der Waals surface area contributed by atoms with Crippen LogP contribution in [-0.4, -0.2) is 43.4 Å². The Balaban J connectivity index is 2.38. The zero-order chi connectivity index (χ0) is 14.9. The Kier molecular flexibility index (Phi) is 4.89. The van der Waals surface area contributed by atoms with Crippen LogP contribution >= 0.6 is 15.9 Å². The van der Waals surface area contributed by atoms with Crippen molar-refractivity contribution in [3.63, 3.8) is 0 Å². The molecule has 0 aliphatic carbocycles. The van der Waals surface area contributed by atoms with Gasteiger partial charge in [-0.25, -0.2) is 8.42 Å². The molecule has 1 fully saturated rings. The zero-order valence-corrected chi connectivity index (χ0v) is 14.4. The molecule has 1 aromatic rings. The molecule has 1 aromatic carbocycles. The summed E-state index contributed by atoms with van der Waals surface area (Å²) in [4.78, 5) is 0.394. The third-order valence-electron chi connectivity index (χ3n) is 3.54. The van der Waals surface area contributed by atoms with Crippen LogP contribution in [0, 0.1) is 13.8 Å². The van der Waals surface area contributed by atoms with E-state index < -0.39 is 10.0 Å². The lowest BCUT2D eigenvalue weighted by Gasteiger charge is -2.36. The van der Waals surface area contributed by atoms with E-state index in [1.165, 1.54) is 0 Å². The average Bonchev–Trinajstić information content (AvgIpc) is 2.38. The monoisotopic (exact) mass is 361 g/mol. The lowest BCUT2D eigenvalue weighted by atomic mass is 10.2. The second kappa shape index (κ2) is 6.13. The second-order valence-corrected chi connectivity index (χ2v) is 7.81. The van der Waals surface area contributed by atoms with Crippen molar-refractivity contribution in [2.24, 2.45) is 0 Å². The summed E-state index contributed by atoms with van der Waals surface area (Å²) in [6.45, 7) is 6.50. The third-order valence-corrected chi connectivity index (χ3v) is 6.40. The molecule has 1 heterocycles. The largest absolute Gasteiger partial charge is 0.374 e. The first-order valence-electron chi connectivity index (χ1n) is 6.63. The van der Waals surface area contributed by atoms with E-state index in [0.29, 0.717) is 23.4 Å². The van der Waals surface area contributed by atoms with E-state index in [4.69, 9.17) is 4.74 Å². The number of alkyl halides is 1. The molecule has 2 rings (SSSR count). The van der Waals surface area contributed by atoms with Crippen molar-refractivity contribution in [3.05, 3.63) is 29.3 Å². The Morgan fingerprint density at radius 2 is 2.10 bits per heavy atom. The van der Waals surface area contributed by atoms with Crippen LogP contribution in [-0.2, 0) is 14.8 Å². The molecular formula is C14H20BrNO3S. The van der Waals surface area contributed by atoms with Crippen molar-refractivity contribution < 1.29 is 13.2 Å². The van der Waals surface area contributed by atoms with Crippen LogP contribution in [0.25, 0.3) is 0 Å². The minimum Gasteiger partial charge on any atom is -0.374 e. The number of nitrogens with zero attached hydrogens (tertiary/aromatic N) is 1. The highest BCUT2D eigenvalue weighted by molar-refractivity contribution is 9.09. The number of ether oxygens (including phenoxy) is 1. The number of hydrogen-bond acceptors (Lipinski definition) is 3. The number of sulfonamides is 1. The van der Waals surface area contributed by atoms with Gasteiger partial charge in [-0.3, -0.25) is 0 Å². The molecule has 1 saturated heterocycles. The second-order valence-electron chi connectivity index (χ2n) is 5.30. The first kappa shape index (κ1) is 15.9. The number of aryl methyl sites for hydroxylation is 2. The van der Waals surface area contributed by atoms with Crippen molar-refractivity contribution in [1.82, 2.24) is 4.31 Å². The van der Waals surface area contributed by atoms with Crippen molar-refractivity contribution in [3.8, 4) is 0 Å². The quantitative estimate of drug-likeness (QED) is 0.777. The standard InChI is InChI=1S/C14H20BrNO3S/c1-10-4-5-14(11(2)6-10)20(17,18)16-8-13(7-15)19-9-12(16)3/h4-6,12-13H,7-9H2,1-3H3. The molecule has 6 heteroatoms. The van der Waals surface area contributed by atoms with Gasteiger partial charge in [0.1, 0.15) is 0 Å². The molecule has 0 N–H and O–H groups in total. The van der Waals surface area contributed by atoms with E-state index >= 15 is 0 Å². The topological polar surface area (TPSA) is 46.6 Å². The van der Waals surface area contributed by atoms with Crippen molar-refractivity contribution in [2.75, 3.05) is 18.5 Å². The Labute approximate surface area is 129 Å². The van der Waals surface area contributed by atoms with Crippen molar-refractivity contribution in [2.45, 2.75) is 37.8 Å². The number of benzene rings is 1. The normalized spacial score (nSPS) is 24.8. The first-order chi connectivity index (χ1) is 9.36. The molecule has 0 amide bonds. The molecule has 1 aliphatic rings. The fourth-order valence-electron chi connectivity index (χ4n) is 2.44. The minimum atomic E-state index is -3.47. The number of morpholine rings is 1. The van der Waals surface area contributed by atoms with E-state index in [0.717, 1.165) is 11.1 Å². The summed E-state index contributed by atoms with van der Waals surface area (Å²) in [6.07, 6.45) is -0.0910. The Morgan fingerprint density at radius 3 is 2.70 bits per heavy atom. The molecule has 0 radical (unpaired) electrons. The fourth-order valence-corrected chi connectivity index (χ4v) is 4.68. The summed E-state index contributed by atoms with van der Waals surface area (Å²) in [7, 11) is -3.47. The lowest BCUT2D eigenvalue weighted by Crippen LogP contribution is -2.51. The summed E-state index contributed by atoms with van der Waals surface area (Å²) < 4.78 is 32.8. The van der Waals surface area contributed by atoms with Gasteiger partial charge in [-0.15, -0.1) is 0 Å². The molecule has 0 aromatic heterocycles. The fraction of sp³-hybridized carbons (Fsp3) is 0.571. The number of hydrogen-bond donors (Lipinski definition) is 0. The summed E-state index contributed by atoms with van der Waals surface area (Å²) in [5.41, 5.74) is 1.86. The maximum atomic E-state index is 12.8. The van der Waals surface area contributed by atoms with Gasteiger partial charge in [-0.1, -0.05) is 33.6 Å². The maximum absolute atomic E-state index is 12.8. The van der Waals surface area contributed by atoms with Gasteiger partial charge >= 0.3 is 0 Å². The Bertz CT molecular complexity index is 588. The SMILES string of the molecule is Cc1ccc(S(=O)(=O)N2CC(CBr)OCC2C)c(C)c1. The van der Waals surface area contributed by atoms with Crippen molar-refractivity contribution >= 4 is 26.0 Å². The zero-order valence-electron chi connectivity index (χ0n) is 12.0. The predicted molar refractivity (Wildman–Crippen MR) is 82.8 cm³/mol. The number of halogens is 1. The summed E-state index contributed by atoms with van der Waals surface area (Å²) in [6, 6.07) is 5.30. The summed E-state index contributed by atoms with van der Waals surface area (Å²) >= 11 is 3.36. The van der Waals surface area contributed by atoms with Crippen LogP contribution in [0.15, 0.2) is 23.1 Å². The van der Waals surface area contributed by atoms with Gasteiger partial charge in [0.2, 0.25) is 10.0 Å². The van der Waals surface area contributed by atoms with Gasteiger partial charge in [0, 0.05) is 17.9 Å². The van der Waals surface area contributed by atoms with Gasteiger partial charge < -0.3 is 4.74 Å². The highest BCUT2D eigenvalue weighted by Crippen LogP contribution is 2.25. The molecule has 112 valence electrons. The molecule has 2 atom stereocenters. The van der Waals surface area contributed by atoms with E-state index in [2.05, 4.69) is 15.9 Å². The third kappa shape index (κ3) is 3.08. The average molecular weight is 362 g/mol. The van der Waals surface area contributed by atoms with E-state index in [1.807, 2.05) is 32.9 Å². The van der Waals surface area contributed by atoms with E-state index in [9.17, 15) is 8.42 Å². The molecule has 0 saturated carbocycles. The lowest BCUT2D eigenvalue weighted by molar-refractivity contribution is -0.0139. The molecule has 1 aliphatic heterocycles. The van der Waals surface area contributed by atoms with Crippen LogP contribution in [0.5, 0.6) is 0 Å². The molecule has 2 unspecified atom stereocenters. The smallest absolute Gasteiger partial charge is 0.243 e. The number of rotatable bonds is 3. The van der Waals surface area contributed by atoms with Crippen LogP contribution in [0.3, 0.4) is 0 Å².